The second-order valence-electron chi connectivity index (χ2n) is 7.43. The van der Waals surface area contributed by atoms with Gasteiger partial charge in [-0.05, 0) is 44.5 Å². The molecule has 160 valence electrons. The maximum Gasteiger partial charge on any atom is 0.416 e. The summed E-state index contributed by atoms with van der Waals surface area (Å²) in [4.78, 5) is 28.0. The molecule has 0 saturated carbocycles. The molecule has 1 aliphatic heterocycles. The second kappa shape index (κ2) is 8.25. The zero-order valence-electron chi connectivity index (χ0n) is 16.8. The normalized spacial score (nSPS) is 17.4. The third kappa shape index (κ3) is 4.67. The fourth-order valence-corrected chi connectivity index (χ4v) is 3.16. The summed E-state index contributed by atoms with van der Waals surface area (Å²) >= 11 is 0. The van der Waals surface area contributed by atoms with E-state index in [0.29, 0.717) is 0 Å². The lowest BCUT2D eigenvalue weighted by atomic mass is 10.1. The van der Waals surface area contributed by atoms with Crippen molar-refractivity contribution in [3.63, 3.8) is 0 Å². The van der Waals surface area contributed by atoms with Gasteiger partial charge in [-0.15, -0.1) is 0 Å². The van der Waals surface area contributed by atoms with Crippen molar-refractivity contribution in [3.05, 3.63) is 65.2 Å². The summed E-state index contributed by atoms with van der Waals surface area (Å²) in [5, 5.41) is 5.51. The van der Waals surface area contributed by atoms with Crippen molar-refractivity contribution in [3.8, 4) is 0 Å². The number of aryl methyl sites for hydroxylation is 1. The number of urea groups is 2. The maximum absolute atomic E-state index is 13.0. The van der Waals surface area contributed by atoms with Gasteiger partial charge in [-0.1, -0.05) is 35.9 Å². The fraction of sp³-hybridized carbons (Fsp3) is 0.333. The number of carbonyl (C=O) groups is 2. The van der Waals surface area contributed by atoms with Crippen molar-refractivity contribution in [2.24, 2.45) is 0 Å². The molecule has 1 aliphatic rings. The highest BCUT2D eigenvalue weighted by molar-refractivity contribution is 5.96. The first kappa shape index (κ1) is 21.5. The molecule has 2 aromatic carbocycles. The van der Waals surface area contributed by atoms with Crippen LogP contribution in [0.1, 0.15) is 30.5 Å². The molecule has 3 rings (SSSR count). The zero-order valence-corrected chi connectivity index (χ0v) is 16.8. The van der Waals surface area contributed by atoms with Crippen molar-refractivity contribution in [2.45, 2.75) is 45.8 Å². The molecule has 0 spiro atoms. The van der Waals surface area contributed by atoms with Gasteiger partial charge in [-0.25, -0.2) is 14.5 Å². The van der Waals surface area contributed by atoms with Crippen molar-refractivity contribution < 1.29 is 22.8 Å². The number of nitrogens with one attached hydrogen (secondary N) is 2. The summed E-state index contributed by atoms with van der Waals surface area (Å²) in [6.07, 6.45) is -5.51. The Kier molecular flexibility index (Phi) is 5.91. The largest absolute Gasteiger partial charge is 0.416 e. The highest BCUT2D eigenvalue weighted by Crippen LogP contribution is 2.31. The highest BCUT2D eigenvalue weighted by Gasteiger charge is 2.40. The molecule has 1 atom stereocenters. The second-order valence-corrected chi connectivity index (χ2v) is 7.43. The number of hydrogen-bond acceptors (Lipinski definition) is 3. The van der Waals surface area contributed by atoms with Crippen LogP contribution in [0.15, 0.2) is 48.5 Å². The molecule has 1 fully saturated rings. The van der Waals surface area contributed by atoms with Gasteiger partial charge in [0.1, 0.15) is 0 Å². The molecular weight excluding hydrogens is 397 g/mol. The van der Waals surface area contributed by atoms with E-state index >= 15 is 0 Å². The van der Waals surface area contributed by atoms with Gasteiger partial charge in [0.2, 0.25) is 0 Å². The van der Waals surface area contributed by atoms with E-state index in [1.54, 1.807) is 13.8 Å². The first-order valence-electron chi connectivity index (χ1n) is 9.46. The zero-order chi connectivity index (χ0) is 22.1. The summed E-state index contributed by atoms with van der Waals surface area (Å²) in [7, 11) is 0. The van der Waals surface area contributed by atoms with Gasteiger partial charge in [-0.2, -0.15) is 13.2 Å². The highest BCUT2D eigenvalue weighted by atomic mass is 19.4. The average molecular weight is 420 g/mol. The van der Waals surface area contributed by atoms with Gasteiger partial charge in [0.25, 0.3) is 0 Å². The van der Waals surface area contributed by atoms with Crippen LogP contribution in [0, 0.1) is 6.92 Å². The van der Waals surface area contributed by atoms with Crippen LogP contribution in [0.4, 0.5) is 28.4 Å². The minimum absolute atomic E-state index is 0.134. The lowest BCUT2D eigenvalue weighted by Crippen LogP contribution is -2.68. The van der Waals surface area contributed by atoms with Crippen LogP contribution in [0.3, 0.4) is 0 Å². The Bertz CT molecular complexity index is 929. The van der Waals surface area contributed by atoms with E-state index in [-0.39, 0.29) is 18.3 Å². The van der Waals surface area contributed by atoms with Gasteiger partial charge in [-0.3, -0.25) is 10.2 Å². The molecule has 2 aromatic rings. The van der Waals surface area contributed by atoms with Crippen molar-refractivity contribution in [1.29, 1.82) is 0 Å². The molecule has 0 bridgehead atoms. The molecule has 0 aliphatic carbocycles. The molecule has 2 N–H and O–H groups in total. The van der Waals surface area contributed by atoms with E-state index < -0.39 is 30.1 Å². The Morgan fingerprint density at radius 1 is 1.10 bits per heavy atom. The number of benzene rings is 2. The Balaban J connectivity index is 1.90. The van der Waals surface area contributed by atoms with E-state index in [2.05, 4.69) is 10.6 Å². The lowest BCUT2D eigenvalue weighted by Gasteiger charge is -2.42. The van der Waals surface area contributed by atoms with Gasteiger partial charge in [0.15, 0.2) is 6.29 Å². The number of amides is 4. The van der Waals surface area contributed by atoms with Gasteiger partial charge < -0.3 is 5.32 Å². The summed E-state index contributed by atoms with van der Waals surface area (Å²) in [6.45, 7) is 5.53. The third-order valence-electron chi connectivity index (χ3n) is 4.73. The smallest absolute Gasteiger partial charge is 0.348 e. The minimum Gasteiger partial charge on any atom is -0.348 e. The molecule has 0 radical (unpaired) electrons. The minimum atomic E-state index is -4.50. The molecule has 9 heteroatoms. The van der Waals surface area contributed by atoms with E-state index in [1.165, 1.54) is 17.0 Å². The van der Waals surface area contributed by atoms with Crippen LogP contribution in [0.25, 0.3) is 0 Å². The van der Waals surface area contributed by atoms with Crippen molar-refractivity contribution >= 4 is 17.7 Å². The van der Waals surface area contributed by atoms with Crippen LogP contribution in [-0.4, -0.2) is 34.2 Å². The number of rotatable bonds is 5. The average Bonchev–Trinajstić information content (AvgIpc) is 2.65. The molecular formula is C21H23F3N4O2. The SMILES string of the molecule is Cc1ccc(CN2C(=O)N(C(C)C)C(=O)NC2Nc2cccc(C(F)(F)F)c2)cc1. The molecule has 1 heterocycles. The first-order valence-corrected chi connectivity index (χ1v) is 9.46. The predicted octanol–water partition coefficient (Wildman–Crippen LogP) is 4.77. The summed E-state index contributed by atoms with van der Waals surface area (Å²) in [5.74, 6) is 0. The van der Waals surface area contributed by atoms with E-state index in [4.69, 9.17) is 0 Å². The number of imide groups is 1. The molecule has 1 unspecified atom stereocenters. The molecule has 6 nitrogen and oxygen atoms in total. The van der Waals surface area contributed by atoms with Gasteiger partial charge in [0, 0.05) is 11.7 Å². The standard InChI is InChI=1S/C21H23F3N4O2/c1-13(2)28-19(29)26-18(25-17-6-4-5-16(11-17)21(22,23)24)27(20(28)30)12-15-9-7-14(3)8-10-15/h4-11,13,18,25H,12H2,1-3H3,(H,26,29). The van der Waals surface area contributed by atoms with Crippen molar-refractivity contribution in [2.75, 3.05) is 5.32 Å². The van der Waals surface area contributed by atoms with Crippen LogP contribution >= 0.6 is 0 Å². The predicted molar refractivity (Wildman–Crippen MR) is 106 cm³/mol. The molecule has 1 saturated heterocycles. The van der Waals surface area contributed by atoms with Gasteiger partial charge >= 0.3 is 18.2 Å². The van der Waals surface area contributed by atoms with Crippen LogP contribution in [0.5, 0.6) is 0 Å². The monoisotopic (exact) mass is 420 g/mol. The van der Waals surface area contributed by atoms with Crippen LogP contribution in [0.2, 0.25) is 0 Å². The van der Waals surface area contributed by atoms with E-state index in [1.807, 2.05) is 31.2 Å². The number of nitrogens with zero attached hydrogens (tertiary/aromatic N) is 2. The number of anilines is 1. The Morgan fingerprint density at radius 3 is 2.37 bits per heavy atom. The van der Waals surface area contributed by atoms with Crippen molar-refractivity contribution in [1.82, 2.24) is 15.1 Å². The number of hydrogen-bond donors (Lipinski definition) is 2. The van der Waals surface area contributed by atoms with Crippen LogP contribution in [-0.2, 0) is 12.7 Å². The lowest BCUT2D eigenvalue weighted by molar-refractivity contribution is -0.137. The molecule has 30 heavy (non-hydrogen) atoms. The summed E-state index contributed by atoms with van der Waals surface area (Å²) in [6, 6.07) is 10.6. The van der Waals surface area contributed by atoms with E-state index in [9.17, 15) is 22.8 Å². The number of halogens is 3. The Morgan fingerprint density at radius 2 is 1.77 bits per heavy atom. The topological polar surface area (TPSA) is 64.7 Å². The Labute approximate surface area is 172 Å². The quantitative estimate of drug-likeness (QED) is 0.733. The van der Waals surface area contributed by atoms with Gasteiger partial charge in [0.05, 0.1) is 12.1 Å². The van der Waals surface area contributed by atoms with E-state index in [0.717, 1.165) is 28.2 Å². The number of carbonyl (C=O) groups excluding carboxylic acids is 2. The maximum atomic E-state index is 13.0. The summed E-state index contributed by atoms with van der Waals surface area (Å²) in [5.41, 5.74) is 1.19. The Hall–Kier alpha value is -3.23. The fourth-order valence-electron chi connectivity index (χ4n) is 3.16. The molecule has 0 aromatic heterocycles. The third-order valence-corrected chi connectivity index (χ3v) is 4.73. The molecule has 4 amide bonds. The van der Waals surface area contributed by atoms with Crippen LogP contribution < -0.4 is 10.6 Å². The summed E-state index contributed by atoms with van der Waals surface area (Å²) < 4.78 is 39.1. The number of alkyl halides is 3. The first-order chi connectivity index (χ1) is 14.1.